The van der Waals surface area contributed by atoms with E-state index in [1.54, 1.807) is 0 Å². The Bertz CT molecular complexity index is 371. The van der Waals surface area contributed by atoms with Gasteiger partial charge in [0, 0.05) is 12.2 Å². The van der Waals surface area contributed by atoms with E-state index in [0.717, 1.165) is 18.6 Å². The number of esters is 1. The molecule has 0 spiro atoms. The molecule has 7 heteroatoms. The number of hydrogen-bond acceptors (Lipinski definition) is 4. The monoisotopic (exact) mass is 318 g/mol. The van der Waals surface area contributed by atoms with Crippen molar-refractivity contribution >= 4 is 28.6 Å². The molecule has 1 unspecified atom stereocenters. The molecule has 0 aliphatic carbocycles. The minimum absolute atomic E-state index is 0.287. The van der Waals surface area contributed by atoms with Gasteiger partial charge in [-0.3, -0.25) is 0 Å². The van der Waals surface area contributed by atoms with Gasteiger partial charge in [-0.2, -0.15) is 0 Å². The Kier molecular flexibility index (Phi) is 7.39. The number of aliphatic carboxylic acids is 1. The number of hydrogen-bond donors (Lipinski definition) is 1. The molecule has 0 saturated heterocycles. The summed E-state index contributed by atoms with van der Waals surface area (Å²) >= 11 is 0. The van der Waals surface area contributed by atoms with E-state index in [-0.39, 0.29) is 6.61 Å². The summed E-state index contributed by atoms with van der Waals surface area (Å²) in [6, 6.07) is 0. The second-order valence-electron chi connectivity index (χ2n) is 6.35. The molecule has 0 fully saturated rings. The molecule has 0 aromatic heterocycles. The molecule has 1 atom stereocenters. The van der Waals surface area contributed by atoms with Crippen molar-refractivity contribution in [3.8, 4) is 0 Å². The van der Waals surface area contributed by atoms with Crippen molar-refractivity contribution in [3.05, 3.63) is 12.2 Å². The maximum Gasteiger partial charge on any atom is 0.331 e. The van der Waals surface area contributed by atoms with E-state index in [1.165, 1.54) is 0 Å². The highest BCUT2D eigenvalue weighted by molar-refractivity contribution is 6.84. The van der Waals surface area contributed by atoms with Gasteiger partial charge in [-0.1, -0.05) is 6.92 Å². The lowest BCUT2D eigenvalue weighted by molar-refractivity contribution is -0.138. The molecule has 116 valence electrons. The van der Waals surface area contributed by atoms with Gasteiger partial charge in [0.25, 0.3) is 0 Å². The van der Waals surface area contributed by atoms with Crippen LogP contribution in [0.25, 0.3) is 0 Å². The van der Waals surface area contributed by atoms with E-state index in [1.807, 2.05) is 0 Å². The van der Waals surface area contributed by atoms with E-state index in [0.29, 0.717) is 5.54 Å². The largest absolute Gasteiger partial charge is 0.478 e. The van der Waals surface area contributed by atoms with Crippen LogP contribution in [0.1, 0.15) is 13.3 Å². The maximum atomic E-state index is 11.2. The lowest BCUT2D eigenvalue weighted by atomic mass is 10.3. The van der Waals surface area contributed by atoms with E-state index in [4.69, 9.17) is 14.0 Å². The first-order valence-electron chi connectivity index (χ1n) is 6.72. The van der Waals surface area contributed by atoms with E-state index in [9.17, 15) is 9.59 Å². The number of ether oxygens (including phenoxy) is 1. The van der Waals surface area contributed by atoms with Crippen molar-refractivity contribution in [1.82, 2.24) is 0 Å². The fourth-order valence-electron chi connectivity index (χ4n) is 1.76. The van der Waals surface area contributed by atoms with Crippen molar-refractivity contribution in [1.29, 1.82) is 0 Å². The third-order valence-corrected chi connectivity index (χ3v) is 10.1. The Labute approximate surface area is 123 Å². The highest BCUT2D eigenvalue weighted by Gasteiger charge is 2.34. The normalized spacial score (nSPS) is 14.3. The average molecular weight is 319 g/mol. The summed E-state index contributed by atoms with van der Waals surface area (Å²) in [4.78, 5) is 21.5. The lowest BCUT2D eigenvalue weighted by Gasteiger charge is -2.36. The van der Waals surface area contributed by atoms with Crippen LogP contribution in [-0.2, 0) is 18.4 Å². The number of carbonyl (C=O) groups excluding carboxylic acids is 1. The van der Waals surface area contributed by atoms with Gasteiger partial charge in [-0.15, -0.1) is 0 Å². The van der Waals surface area contributed by atoms with Gasteiger partial charge < -0.3 is 14.0 Å². The van der Waals surface area contributed by atoms with Gasteiger partial charge in [0.1, 0.15) is 0 Å². The summed E-state index contributed by atoms with van der Waals surface area (Å²) < 4.78 is 11.2. The third kappa shape index (κ3) is 9.05. The van der Waals surface area contributed by atoms with Crippen LogP contribution in [0.15, 0.2) is 12.2 Å². The Morgan fingerprint density at radius 2 is 1.70 bits per heavy atom. The molecule has 20 heavy (non-hydrogen) atoms. The number of carboxylic acid groups (broad SMARTS) is 1. The summed E-state index contributed by atoms with van der Waals surface area (Å²) in [7, 11) is -3.36. The molecular weight excluding hydrogens is 292 g/mol. The Hall–Kier alpha value is -0.926. The molecule has 0 rings (SSSR count). The van der Waals surface area contributed by atoms with Crippen LogP contribution in [0.4, 0.5) is 0 Å². The van der Waals surface area contributed by atoms with Crippen molar-refractivity contribution in [2.75, 3.05) is 6.61 Å². The zero-order valence-corrected chi connectivity index (χ0v) is 15.2. The molecule has 0 aliphatic rings. The van der Waals surface area contributed by atoms with Crippen molar-refractivity contribution in [2.45, 2.75) is 51.6 Å². The summed E-state index contributed by atoms with van der Waals surface area (Å²) in [6.45, 7) is 13.3. The summed E-state index contributed by atoms with van der Waals surface area (Å²) in [6.07, 6.45) is 2.43. The highest BCUT2D eigenvalue weighted by atomic mass is 28.4. The SMILES string of the molecule is CC(CCOC(=O)/C=C/C(=O)O)[Si](C)(C)O[Si](C)(C)C. The molecule has 0 amide bonds. The molecule has 0 saturated carbocycles. The number of rotatable bonds is 8. The minimum Gasteiger partial charge on any atom is -0.478 e. The van der Waals surface area contributed by atoms with Crippen LogP contribution in [-0.4, -0.2) is 40.3 Å². The predicted octanol–water partition coefficient (Wildman–Crippen LogP) is 3.01. The Morgan fingerprint density at radius 1 is 1.15 bits per heavy atom. The second kappa shape index (κ2) is 7.75. The van der Waals surface area contributed by atoms with Gasteiger partial charge in [-0.05, 0) is 44.7 Å². The van der Waals surface area contributed by atoms with Crippen molar-refractivity contribution < 1.29 is 23.5 Å². The van der Waals surface area contributed by atoms with Crippen molar-refractivity contribution in [2.24, 2.45) is 0 Å². The fraction of sp³-hybridized carbons (Fsp3) is 0.692. The van der Waals surface area contributed by atoms with Gasteiger partial charge in [0.05, 0.1) is 6.61 Å². The number of carbonyl (C=O) groups is 2. The molecule has 5 nitrogen and oxygen atoms in total. The first-order valence-corrected chi connectivity index (χ1v) is 13.1. The average Bonchev–Trinajstić information content (AvgIpc) is 2.22. The Balaban J connectivity index is 4.19. The van der Waals surface area contributed by atoms with Crippen LogP contribution < -0.4 is 0 Å². The van der Waals surface area contributed by atoms with Crippen LogP contribution in [0.5, 0.6) is 0 Å². The smallest absolute Gasteiger partial charge is 0.331 e. The molecule has 0 aliphatic heterocycles. The van der Waals surface area contributed by atoms with Gasteiger partial charge in [0.15, 0.2) is 16.6 Å². The first-order chi connectivity index (χ1) is 8.94. The third-order valence-electron chi connectivity index (χ3n) is 2.91. The van der Waals surface area contributed by atoms with Crippen LogP contribution in [0, 0.1) is 0 Å². The number of carboxylic acids is 1. The van der Waals surface area contributed by atoms with Gasteiger partial charge in [-0.25, -0.2) is 9.59 Å². The molecule has 1 N–H and O–H groups in total. The zero-order chi connectivity index (χ0) is 16.0. The first kappa shape index (κ1) is 19.1. The van der Waals surface area contributed by atoms with E-state index < -0.39 is 28.6 Å². The van der Waals surface area contributed by atoms with Crippen LogP contribution in [0.3, 0.4) is 0 Å². The second-order valence-corrected chi connectivity index (χ2v) is 15.6. The van der Waals surface area contributed by atoms with Gasteiger partial charge >= 0.3 is 11.9 Å². The van der Waals surface area contributed by atoms with Gasteiger partial charge in [0.2, 0.25) is 0 Å². The Morgan fingerprint density at radius 3 is 2.15 bits per heavy atom. The zero-order valence-electron chi connectivity index (χ0n) is 13.2. The molecule has 0 aromatic rings. The maximum absolute atomic E-state index is 11.2. The quantitative estimate of drug-likeness (QED) is 0.423. The molecular formula is C13H26O5Si2. The lowest BCUT2D eigenvalue weighted by Crippen LogP contribution is -2.45. The van der Waals surface area contributed by atoms with E-state index >= 15 is 0 Å². The van der Waals surface area contributed by atoms with E-state index in [2.05, 4.69) is 39.7 Å². The summed E-state index contributed by atoms with van der Waals surface area (Å²) in [5.74, 6) is -1.78. The topological polar surface area (TPSA) is 72.8 Å². The van der Waals surface area contributed by atoms with Crippen LogP contribution in [0.2, 0.25) is 38.3 Å². The predicted molar refractivity (Wildman–Crippen MR) is 83.7 cm³/mol. The molecule has 0 bridgehead atoms. The minimum atomic E-state index is -1.79. The summed E-state index contributed by atoms with van der Waals surface area (Å²) in [5, 5.41) is 8.39. The molecule has 0 heterocycles. The standard InChI is InChI=1S/C13H26O5Si2/c1-11(20(5,6)18-19(2,3)4)9-10-17-13(16)8-7-12(14)15/h7-8,11H,9-10H2,1-6H3,(H,14,15)/b8-7+. The molecule has 0 radical (unpaired) electrons. The molecule has 0 aromatic carbocycles. The highest BCUT2D eigenvalue weighted by Crippen LogP contribution is 2.28. The van der Waals surface area contributed by atoms with Crippen LogP contribution >= 0.6 is 0 Å². The summed E-state index contributed by atoms with van der Waals surface area (Å²) in [5.41, 5.74) is 0.366. The fourth-order valence-corrected chi connectivity index (χ4v) is 9.69. The van der Waals surface area contributed by atoms with Crippen molar-refractivity contribution in [3.63, 3.8) is 0 Å².